The molecule has 0 amide bonds. The van der Waals surface area contributed by atoms with Crippen LogP contribution < -0.4 is 5.73 Å². The van der Waals surface area contributed by atoms with Crippen LogP contribution in [0, 0.1) is 0 Å². The lowest BCUT2D eigenvalue weighted by Gasteiger charge is -2.36. The number of benzene rings is 1. The lowest BCUT2D eigenvalue weighted by Crippen LogP contribution is -2.44. The number of aryl methyl sites for hydroxylation is 1. The quantitative estimate of drug-likeness (QED) is 0.827. The van der Waals surface area contributed by atoms with E-state index in [2.05, 4.69) is 32.0 Å². The van der Waals surface area contributed by atoms with Gasteiger partial charge in [0, 0.05) is 11.0 Å². The molecule has 1 fully saturated rings. The van der Waals surface area contributed by atoms with Crippen molar-refractivity contribution in [3.63, 3.8) is 0 Å². The standard InChI is InChI=1S/C16H23N/c1-15(2,16(17)10-11-16)14-9-5-7-12-6-3-4-8-13(12)14/h5,7,9H,3-4,6,8,10-11,17H2,1-2H3. The largest absolute Gasteiger partial charge is 0.324 e. The summed E-state index contributed by atoms with van der Waals surface area (Å²) in [6.45, 7) is 4.68. The molecule has 0 aliphatic heterocycles. The molecule has 1 nitrogen and oxygen atoms in total. The van der Waals surface area contributed by atoms with E-state index in [0.29, 0.717) is 0 Å². The molecule has 1 aromatic carbocycles. The number of hydrogen-bond acceptors (Lipinski definition) is 1. The molecule has 1 heteroatoms. The Hall–Kier alpha value is -0.820. The van der Waals surface area contributed by atoms with Gasteiger partial charge in [-0.2, -0.15) is 0 Å². The SMILES string of the molecule is CC(C)(c1cccc2c1CCCC2)C1(N)CC1. The third-order valence-corrected chi connectivity index (χ3v) is 5.10. The Morgan fingerprint density at radius 2 is 1.82 bits per heavy atom. The van der Waals surface area contributed by atoms with Crippen LogP contribution in [0.25, 0.3) is 0 Å². The average Bonchev–Trinajstić information content (AvgIpc) is 3.08. The van der Waals surface area contributed by atoms with Crippen molar-refractivity contribution >= 4 is 0 Å². The molecular formula is C16H23N. The molecule has 0 atom stereocenters. The zero-order valence-corrected chi connectivity index (χ0v) is 11.1. The molecule has 0 spiro atoms. The van der Waals surface area contributed by atoms with E-state index < -0.39 is 0 Å². The molecule has 1 saturated carbocycles. The van der Waals surface area contributed by atoms with Crippen LogP contribution >= 0.6 is 0 Å². The van der Waals surface area contributed by atoms with E-state index >= 15 is 0 Å². The molecule has 3 rings (SSSR count). The van der Waals surface area contributed by atoms with Gasteiger partial charge in [0.25, 0.3) is 0 Å². The summed E-state index contributed by atoms with van der Waals surface area (Å²) in [4.78, 5) is 0. The molecule has 17 heavy (non-hydrogen) atoms. The van der Waals surface area contributed by atoms with E-state index in [1.165, 1.54) is 44.1 Å². The monoisotopic (exact) mass is 229 g/mol. The number of hydrogen-bond donors (Lipinski definition) is 1. The summed E-state index contributed by atoms with van der Waals surface area (Å²) >= 11 is 0. The third-order valence-electron chi connectivity index (χ3n) is 5.10. The Balaban J connectivity index is 2.08. The molecule has 1 aromatic rings. The summed E-state index contributed by atoms with van der Waals surface area (Å²) in [5.41, 5.74) is 11.4. The van der Waals surface area contributed by atoms with Gasteiger partial charge in [0.1, 0.15) is 0 Å². The maximum Gasteiger partial charge on any atom is 0.0248 e. The molecular weight excluding hydrogens is 206 g/mol. The van der Waals surface area contributed by atoms with Crippen LogP contribution in [0.3, 0.4) is 0 Å². The van der Waals surface area contributed by atoms with Crippen LogP contribution in [0.2, 0.25) is 0 Å². The van der Waals surface area contributed by atoms with E-state index in [9.17, 15) is 0 Å². The number of fused-ring (bicyclic) bond motifs is 1. The maximum atomic E-state index is 6.49. The zero-order chi connectivity index (χ0) is 12.1. The minimum Gasteiger partial charge on any atom is -0.324 e. The van der Waals surface area contributed by atoms with Gasteiger partial charge in [0.15, 0.2) is 0 Å². The van der Waals surface area contributed by atoms with Crippen LogP contribution in [0.4, 0.5) is 0 Å². The maximum absolute atomic E-state index is 6.49. The first-order valence-corrected chi connectivity index (χ1v) is 6.95. The van der Waals surface area contributed by atoms with E-state index in [1.54, 1.807) is 11.1 Å². The van der Waals surface area contributed by atoms with E-state index in [-0.39, 0.29) is 11.0 Å². The second-order valence-electron chi connectivity index (χ2n) is 6.43. The third kappa shape index (κ3) is 1.63. The second kappa shape index (κ2) is 3.58. The van der Waals surface area contributed by atoms with Crippen LogP contribution in [-0.2, 0) is 18.3 Å². The first kappa shape index (κ1) is 11.3. The van der Waals surface area contributed by atoms with Crippen molar-refractivity contribution in [1.82, 2.24) is 0 Å². The van der Waals surface area contributed by atoms with Gasteiger partial charge >= 0.3 is 0 Å². The molecule has 0 unspecified atom stereocenters. The smallest absolute Gasteiger partial charge is 0.0248 e. The molecule has 0 bridgehead atoms. The highest BCUT2D eigenvalue weighted by molar-refractivity contribution is 5.44. The van der Waals surface area contributed by atoms with Crippen molar-refractivity contribution in [3.8, 4) is 0 Å². The van der Waals surface area contributed by atoms with Crippen LogP contribution in [0.5, 0.6) is 0 Å². The van der Waals surface area contributed by atoms with Crippen molar-refractivity contribution in [2.75, 3.05) is 0 Å². The highest BCUT2D eigenvalue weighted by atomic mass is 14.9. The van der Waals surface area contributed by atoms with Gasteiger partial charge in [-0.3, -0.25) is 0 Å². The minimum absolute atomic E-state index is 0.0551. The van der Waals surface area contributed by atoms with Crippen molar-refractivity contribution in [2.24, 2.45) is 5.73 Å². The van der Waals surface area contributed by atoms with Gasteiger partial charge in [-0.1, -0.05) is 32.0 Å². The summed E-state index contributed by atoms with van der Waals surface area (Å²) in [7, 11) is 0. The first-order valence-electron chi connectivity index (χ1n) is 6.95. The Morgan fingerprint density at radius 3 is 2.53 bits per heavy atom. The molecule has 2 N–H and O–H groups in total. The van der Waals surface area contributed by atoms with Crippen molar-refractivity contribution in [2.45, 2.75) is 63.3 Å². The minimum atomic E-state index is 0.0551. The molecule has 0 heterocycles. The van der Waals surface area contributed by atoms with E-state index in [4.69, 9.17) is 5.73 Å². The van der Waals surface area contributed by atoms with Gasteiger partial charge in [-0.15, -0.1) is 0 Å². The van der Waals surface area contributed by atoms with Crippen molar-refractivity contribution in [1.29, 1.82) is 0 Å². The Kier molecular flexibility index (Phi) is 2.38. The lowest BCUT2D eigenvalue weighted by molar-refractivity contribution is 0.386. The molecule has 0 saturated heterocycles. The highest BCUT2D eigenvalue weighted by Gasteiger charge is 2.52. The molecule has 0 radical (unpaired) electrons. The Morgan fingerprint density at radius 1 is 1.12 bits per heavy atom. The van der Waals surface area contributed by atoms with Crippen molar-refractivity contribution in [3.05, 3.63) is 34.9 Å². The van der Waals surface area contributed by atoms with Crippen LogP contribution in [0.15, 0.2) is 18.2 Å². The summed E-state index contributed by atoms with van der Waals surface area (Å²) in [5, 5.41) is 0. The summed E-state index contributed by atoms with van der Waals surface area (Å²) in [6.07, 6.45) is 7.58. The van der Waals surface area contributed by atoms with Gasteiger partial charge in [-0.25, -0.2) is 0 Å². The van der Waals surface area contributed by atoms with E-state index in [0.717, 1.165) is 0 Å². The predicted octanol–water partition coefficient (Wildman–Crippen LogP) is 3.33. The van der Waals surface area contributed by atoms with Gasteiger partial charge < -0.3 is 5.73 Å². The average molecular weight is 229 g/mol. The lowest BCUT2D eigenvalue weighted by atomic mass is 9.71. The van der Waals surface area contributed by atoms with Crippen molar-refractivity contribution < 1.29 is 0 Å². The van der Waals surface area contributed by atoms with Crippen LogP contribution in [0.1, 0.15) is 56.2 Å². The molecule has 2 aliphatic carbocycles. The zero-order valence-electron chi connectivity index (χ0n) is 11.1. The number of rotatable bonds is 2. The molecule has 2 aliphatic rings. The number of nitrogens with two attached hydrogens (primary N) is 1. The summed E-state index contributed by atoms with van der Waals surface area (Å²) in [6, 6.07) is 6.86. The molecule has 0 aromatic heterocycles. The summed E-state index contributed by atoms with van der Waals surface area (Å²) in [5.74, 6) is 0. The fourth-order valence-electron chi connectivity index (χ4n) is 3.39. The fraction of sp³-hybridized carbons (Fsp3) is 0.625. The highest BCUT2D eigenvalue weighted by Crippen LogP contribution is 2.50. The fourth-order valence-corrected chi connectivity index (χ4v) is 3.39. The predicted molar refractivity (Wildman–Crippen MR) is 72.3 cm³/mol. The van der Waals surface area contributed by atoms with Gasteiger partial charge in [-0.05, 0) is 55.2 Å². The Labute approximate surface area is 104 Å². The first-order chi connectivity index (χ1) is 8.05. The van der Waals surface area contributed by atoms with Crippen LogP contribution in [-0.4, -0.2) is 5.54 Å². The Bertz CT molecular complexity index is 441. The summed E-state index contributed by atoms with van der Waals surface area (Å²) < 4.78 is 0. The van der Waals surface area contributed by atoms with E-state index in [1.807, 2.05) is 0 Å². The van der Waals surface area contributed by atoms with Gasteiger partial charge in [0.2, 0.25) is 0 Å². The second-order valence-corrected chi connectivity index (χ2v) is 6.43. The van der Waals surface area contributed by atoms with Gasteiger partial charge in [0.05, 0.1) is 0 Å². The molecule has 92 valence electrons. The normalized spacial score (nSPS) is 22.1. The topological polar surface area (TPSA) is 26.0 Å².